The Kier molecular flexibility index (Phi) is 9.90. The summed E-state index contributed by atoms with van der Waals surface area (Å²) in [6.45, 7) is 2.68. The third kappa shape index (κ3) is 4.30. The number of nitrogens with one attached hydrogen (secondary N) is 1. The van der Waals surface area contributed by atoms with E-state index in [0.717, 1.165) is 26.2 Å². The molecule has 0 saturated carbocycles. The molecule has 1 fully saturated rings. The Labute approximate surface area is 73.5 Å². The van der Waals surface area contributed by atoms with Crippen molar-refractivity contribution >= 4 is 24.8 Å². The van der Waals surface area contributed by atoms with Gasteiger partial charge in [0.1, 0.15) is 0 Å². The summed E-state index contributed by atoms with van der Waals surface area (Å²) in [6, 6.07) is 0. The summed E-state index contributed by atoms with van der Waals surface area (Å²) in [5.41, 5.74) is 2.63. The Morgan fingerprint density at radius 2 is 2.20 bits per heavy atom. The van der Waals surface area contributed by atoms with Crippen molar-refractivity contribution in [2.45, 2.75) is 6.42 Å². The molecule has 64 valence electrons. The molecule has 1 aliphatic rings. The average molecular weight is 189 g/mol. The minimum absolute atomic E-state index is 0. The van der Waals surface area contributed by atoms with Crippen LogP contribution in [0.2, 0.25) is 0 Å². The molecule has 0 spiro atoms. The maximum Gasteiger partial charge on any atom is 0.0507 e. The third-order valence-corrected chi connectivity index (χ3v) is 1.43. The zero-order chi connectivity index (χ0) is 5.82. The zero-order valence-corrected chi connectivity index (χ0v) is 7.34. The van der Waals surface area contributed by atoms with Crippen LogP contribution < -0.4 is 11.3 Å². The van der Waals surface area contributed by atoms with Crippen LogP contribution >= 0.6 is 24.8 Å². The summed E-state index contributed by atoms with van der Waals surface area (Å²) in [7, 11) is 0. The van der Waals surface area contributed by atoms with Gasteiger partial charge in [-0.3, -0.25) is 11.3 Å². The molecule has 0 aromatic heterocycles. The largest absolute Gasteiger partial charge is 0.381 e. The van der Waals surface area contributed by atoms with E-state index >= 15 is 0 Å². The monoisotopic (exact) mass is 188 g/mol. The molecule has 0 amide bonds. The molecule has 0 aromatic carbocycles. The standard InChI is InChI=1S/C5H12N2O.2ClH/c6-7-3-5-1-2-8-4-5;;/h5,7H,1-4,6H2;2*1H. The van der Waals surface area contributed by atoms with Crippen LogP contribution in [-0.2, 0) is 4.74 Å². The van der Waals surface area contributed by atoms with Gasteiger partial charge in [0.2, 0.25) is 0 Å². The van der Waals surface area contributed by atoms with E-state index in [1.165, 1.54) is 0 Å². The van der Waals surface area contributed by atoms with Crippen LogP contribution in [0, 0.1) is 5.92 Å². The van der Waals surface area contributed by atoms with Crippen LogP contribution in [-0.4, -0.2) is 19.8 Å². The van der Waals surface area contributed by atoms with Crippen LogP contribution in [0.15, 0.2) is 0 Å². The normalized spacial score (nSPS) is 23.1. The van der Waals surface area contributed by atoms with Crippen LogP contribution in [0.25, 0.3) is 0 Å². The lowest BCUT2D eigenvalue weighted by Crippen LogP contribution is -2.28. The zero-order valence-electron chi connectivity index (χ0n) is 5.71. The Morgan fingerprint density at radius 1 is 1.50 bits per heavy atom. The molecule has 1 unspecified atom stereocenters. The van der Waals surface area contributed by atoms with Crippen molar-refractivity contribution in [3.05, 3.63) is 0 Å². The van der Waals surface area contributed by atoms with E-state index in [4.69, 9.17) is 10.6 Å². The van der Waals surface area contributed by atoms with Crippen molar-refractivity contribution in [1.82, 2.24) is 5.43 Å². The molecule has 5 heteroatoms. The number of hydrazine groups is 1. The molecular weight excluding hydrogens is 175 g/mol. The van der Waals surface area contributed by atoms with Gasteiger partial charge in [0.25, 0.3) is 0 Å². The second-order valence-corrected chi connectivity index (χ2v) is 2.14. The van der Waals surface area contributed by atoms with Gasteiger partial charge in [0.05, 0.1) is 6.61 Å². The Hall–Kier alpha value is 0.460. The topological polar surface area (TPSA) is 47.3 Å². The molecule has 1 heterocycles. The lowest BCUT2D eigenvalue weighted by atomic mass is 10.1. The van der Waals surface area contributed by atoms with Gasteiger partial charge in [0.15, 0.2) is 0 Å². The molecule has 1 saturated heterocycles. The molecule has 10 heavy (non-hydrogen) atoms. The minimum atomic E-state index is 0. The highest BCUT2D eigenvalue weighted by atomic mass is 35.5. The van der Waals surface area contributed by atoms with Crippen LogP contribution in [0.4, 0.5) is 0 Å². The number of halogens is 2. The van der Waals surface area contributed by atoms with E-state index in [1.807, 2.05) is 0 Å². The maximum atomic E-state index is 5.11. The van der Waals surface area contributed by atoms with Crippen LogP contribution in [0.5, 0.6) is 0 Å². The van der Waals surface area contributed by atoms with E-state index in [-0.39, 0.29) is 24.8 Å². The predicted octanol–water partition coefficient (Wildman–Crippen LogP) is 0.330. The summed E-state index contributed by atoms with van der Waals surface area (Å²) in [5, 5.41) is 0. The number of ether oxygens (including phenoxy) is 1. The summed E-state index contributed by atoms with van der Waals surface area (Å²) in [4.78, 5) is 0. The molecule has 0 aliphatic carbocycles. The molecule has 3 N–H and O–H groups in total. The van der Waals surface area contributed by atoms with Crippen molar-refractivity contribution in [1.29, 1.82) is 0 Å². The van der Waals surface area contributed by atoms with Gasteiger partial charge in [-0.05, 0) is 12.3 Å². The van der Waals surface area contributed by atoms with Crippen molar-refractivity contribution in [3.8, 4) is 0 Å². The SMILES string of the molecule is Cl.Cl.NNCC1CCOC1. The van der Waals surface area contributed by atoms with Crippen molar-refractivity contribution in [2.24, 2.45) is 11.8 Å². The average Bonchev–Trinajstić information content (AvgIpc) is 2.19. The summed E-state index contributed by atoms with van der Waals surface area (Å²) in [5.74, 6) is 5.76. The summed E-state index contributed by atoms with van der Waals surface area (Å²) >= 11 is 0. The Morgan fingerprint density at radius 3 is 2.60 bits per heavy atom. The summed E-state index contributed by atoms with van der Waals surface area (Å²) < 4.78 is 5.11. The van der Waals surface area contributed by atoms with E-state index in [1.54, 1.807) is 0 Å². The third-order valence-electron chi connectivity index (χ3n) is 1.43. The van der Waals surface area contributed by atoms with Crippen LogP contribution in [0.3, 0.4) is 0 Å². The van der Waals surface area contributed by atoms with Gasteiger partial charge in [-0.25, -0.2) is 0 Å². The number of rotatable bonds is 2. The minimum Gasteiger partial charge on any atom is -0.381 e. The van der Waals surface area contributed by atoms with Gasteiger partial charge in [-0.1, -0.05) is 0 Å². The number of nitrogens with two attached hydrogens (primary N) is 1. The molecule has 0 radical (unpaired) electrons. The predicted molar refractivity (Wildman–Crippen MR) is 45.6 cm³/mol. The van der Waals surface area contributed by atoms with Gasteiger partial charge >= 0.3 is 0 Å². The Balaban J connectivity index is 0. The lowest BCUT2D eigenvalue weighted by Gasteiger charge is -2.02. The first-order valence-corrected chi connectivity index (χ1v) is 2.94. The lowest BCUT2D eigenvalue weighted by molar-refractivity contribution is 0.185. The molecule has 0 aromatic rings. The summed E-state index contributed by atoms with van der Waals surface area (Å²) in [6.07, 6.45) is 1.16. The molecule has 3 nitrogen and oxygen atoms in total. The highest BCUT2D eigenvalue weighted by Crippen LogP contribution is 2.09. The number of hydrogen-bond acceptors (Lipinski definition) is 3. The van der Waals surface area contributed by atoms with E-state index in [9.17, 15) is 0 Å². The highest BCUT2D eigenvalue weighted by Gasteiger charge is 2.13. The molecule has 0 bridgehead atoms. The Bertz CT molecular complexity index is 68.7. The second-order valence-electron chi connectivity index (χ2n) is 2.14. The van der Waals surface area contributed by atoms with Gasteiger partial charge in [-0.15, -0.1) is 24.8 Å². The number of hydrogen-bond donors (Lipinski definition) is 2. The smallest absolute Gasteiger partial charge is 0.0507 e. The maximum absolute atomic E-state index is 5.11. The van der Waals surface area contributed by atoms with Gasteiger partial charge in [-0.2, -0.15) is 0 Å². The fraction of sp³-hybridized carbons (Fsp3) is 1.00. The molecule has 1 aliphatic heterocycles. The second kappa shape index (κ2) is 7.57. The van der Waals surface area contributed by atoms with Crippen molar-refractivity contribution in [2.75, 3.05) is 19.8 Å². The van der Waals surface area contributed by atoms with Crippen molar-refractivity contribution < 1.29 is 4.74 Å². The molecule has 1 atom stereocenters. The first kappa shape index (κ1) is 13.1. The van der Waals surface area contributed by atoms with E-state index in [2.05, 4.69) is 5.43 Å². The van der Waals surface area contributed by atoms with Crippen molar-refractivity contribution in [3.63, 3.8) is 0 Å². The first-order chi connectivity index (χ1) is 3.93. The van der Waals surface area contributed by atoms with E-state index in [0.29, 0.717) is 5.92 Å². The van der Waals surface area contributed by atoms with Gasteiger partial charge in [0, 0.05) is 13.2 Å². The quantitative estimate of drug-likeness (QED) is 0.486. The molecular formula is C5H14Cl2N2O. The highest BCUT2D eigenvalue weighted by molar-refractivity contribution is 5.85. The fourth-order valence-electron chi connectivity index (χ4n) is 0.911. The van der Waals surface area contributed by atoms with Gasteiger partial charge < -0.3 is 4.74 Å². The fourth-order valence-corrected chi connectivity index (χ4v) is 0.911. The van der Waals surface area contributed by atoms with Crippen LogP contribution in [0.1, 0.15) is 6.42 Å². The molecule has 1 rings (SSSR count). The van der Waals surface area contributed by atoms with E-state index < -0.39 is 0 Å². The first-order valence-electron chi connectivity index (χ1n) is 2.94.